The molecule has 0 atom stereocenters. The molecule has 0 radical (unpaired) electrons. The molecule has 0 fully saturated rings. The van der Waals surface area contributed by atoms with Crippen molar-refractivity contribution in [2.75, 3.05) is 0 Å². The van der Waals surface area contributed by atoms with Gasteiger partial charge in [0.15, 0.2) is 5.09 Å². The summed E-state index contributed by atoms with van der Waals surface area (Å²) >= 11 is 8.40. The molecule has 0 saturated heterocycles. The van der Waals surface area contributed by atoms with Gasteiger partial charge >= 0.3 is 7.12 Å². The fourth-order valence-corrected chi connectivity index (χ4v) is 1.12. The molecular weight excluding hydrogens is 173 g/mol. The normalized spacial score (nSPS) is 9.90. The Morgan fingerprint density at radius 2 is 2.20 bits per heavy atom. The molecule has 0 saturated carbocycles. The van der Waals surface area contributed by atoms with Crippen LogP contribution in [0.3, 0.4) is 0 Å². The first-order valence-corrected chi connectivity index (χ1v) is 3.25. The predicted molar refractivity (Wildman–Crippen MR) is 41.0 cm³/mol. The van der Waals surface area contributed by atoms with Crippen molar-refractivity contribution in [2.45, 2.75) is 5.09 Å². The fourth-order valence-electron chi connectivity index (χ4n) is 0.529. The first-order valence-electron chi connectivity index (χ1n) is 2.39. The van der Waals surface area contributed by atoms with Gasteiger partial charge in [0.1, 0.15) is 4.64 Å². The number of H-pyrrole nitrogens is 1. The number of aromatic amines is 1. The zero-order valence-electron chi connectivity index (χ0n) is 4.74. The third-order valence-corrected chi connectivity index (χ3v) is 1.61. The zero-order valence-corrected chi connectivity index (χ0v) is 6.45. The van der Waals surface area contributed by atoms with Crippen LogP contribution in [-0.4, -0.2) is 22.3 Å². The highest BCUT2D eigenvalue weighted by molar-refractivity contribution is 7.80. The molecule has 0 bridgehead atoms. The van der Waals surface area contributed by atoms with Crippen molar-refractivity contribution in [3.05, 3.63) is 4.64 Å². The zero-order chi connectivity index (χ0) is 7.72. The van der Waals surface area contributed by atoms with E-state index in [1.807, 2.05) is 0 Å². The molecule has 3 N–H and O–H groups in total. The summed E-state index contributed by atoms with van der Waals surface area (Å²) in [5.74, 6) is 0. The van der Waals surface area contributed by atoms with E-state index in [9.17, 15) is 0 Å². The Hall–Kier alpha value is -0.235. The predicted octanol–water partition coefficient (Wildman–Crippen LogP) is -0.694. The van der Waals surface area contributed by atoms with Crippen LogP contribution in [0.1, 0.15) is 0 Å². The quantitative estimate of drug-likeness (QED) is 0.260. The topological polar surface area (TPSA) is 69.4 Å². The lowest BCUT2D eigenvalue weighted by molar-refractivity contribution is 0.349. The summed E-state index contributed by atoms with van der Waals surface area (Å²) < 4.78 is 4.72. The highest BCUT2D eigenvalue weighted by atomic mass is 32.1. The van der Waals surface area contributed by atoms with Gasteiger partial charge in [-0.05, 0) is 0 Å². The average molecular weight is 177 g/mol. The van der Waals surface area contributed by atoms with Crippen LogP contribution in [0.25, 0.3) is 0 Å². The Morgan fingerprint density at radius 3 is 2.40 bits per heavy atom. The fraction of sp³-hybridized carbons (Fsp3) is 0. The van der Waals surface area contributed by atoms with Crippen LogP contribution < -0.4 is 5.46 Å². The third-order valence-electron chi connectivity index (χ3n) is 0.974. The van der Waals surface area contributed by atoms with Crippen molar-refractivity contribution >= 4 is 37.4 Å². The Balaban J connectivity index is 3.23. The van der Waals surface area contributed by atoms with Gasteiger partial charge in [0.2, 0.25) is 0 Å². The smallest absolute Gasteiger partial charge is 0.423 e. The number of nitrogens with one attached hydrogen (secondary N) is 1. The number of aromatic nitrogens is 1. The molecule has 0 amide bonds. The van der Waals surface area contributed by atoms with Gasteiger partial charge in [-0.25, -0.2) is 5.16 Å². The third kappa shape index (κ3) is 1.26. The van der Waals surface area contributed by atoms with Gasteiger partial charge in [-0.2, -0.15) is 0 Å². The minimum atomic E-state index is -1.63. The second-order valence-corrected chi connectivity index (χ2v) is 2.44. The largest absolute Gasteiger partial charge is 0.496 e. The molecule has 1 aromatic rings. The number of thiol groups is 1. The van der Waals surface area contributed by atoms with E-state index in [0.717, 1.165) is 0 Å². The van der Waals surface area contributed by atoms with E-state index in [-0.39, 0.29) is 15.2 Å². The molecule has 4 nitrogen and oxygen atoms in total. The van der Waals surface area contributed by atoms with Crippen molar-refractivity contribution in [1.82, 2.24) is 5.16 Å². The molecule has 54 valence electrons. The Kier molecular flexibility index (Phi) is 2.19. The number of rotatable bonds is 1. The van der Waals surface area contributed by atoms with Gasteiger partial charge in [-0.1, -0.05) is 12.2 Å². The molecule has 0 aromatic carbocycles. The van der Waals surface area contributed by atoms with Crippen LogP contribution in [0.5, 0.6) is 0 Å². The van der Waals surface area contributed by atoms with Gasteiger partial charge < -0.3 is 14.6 Å². The molecule has 1 rings (SSSR count). The first-order chi connectivity index (χ1) is 4.63. The van der Waals surface area contributed by atoms with Crippen molar-refractivity contribution in [3.8, 4) is 0 Å². The van der Waals surface area contributed by atoms with Crippen molar-refractivity contribution < 1.29 is 14.6 Å². The summed E-state index contributed by atoms with van der Waals surface area (Å²) in [6.45, 7) is 0. The second-order valence-electron chi connectivity index (χ2n) is 1.63. The van der Waals surface area contributed by atoms with E-state index < -0.39 is 7.12 Å². The highest BCUT2D eigenvalue weighted by Gasteiger charge is 2.19. The molecule has 0 unspecified atom stereocenters. The van der Waals surface area contributed by atoms with Gasteiger partial charge in [0, 0.05) is 0 Å². The maximum atomic E-state index is 8.63. The summed E-state index contributed by atoms with van der Waals surface area (Å²) in [7, 11) is -1.63. The lowest BCUT2D eigenvalue weighted by Gasteiger charge is -1.89. The molecule has 0 aliphatic heterocycles. The van der Waals surface area contributed by atoms with Crippen molar-refractivity contribution in [1.29, 1.82) is 0 Å². The minimum absolute atomic E-state index is 0.0957. The Labute approximate surface area is 67.4 Å². The van der Waals surface area contributed by atoms with E-state index in [0.29, 0.717) is 0 Å². The van der Waals surface area contributed by atoms with E-state index in [1.54, 1.807) is 0 Å². The summed E-state index contributed by atoms with van der Waals surface area (Å²) in [5, 5.41) is 19.6. The Bertz CT molecular complexity index is 280. The number of hydrogen-bond donors (Lipinski definition) is 4. The van der Waals surface area contributed by atoms with E-state index in [1.165, 1.54) is 0 Å². The molecule has 10 heavy (non-hydrogen) atoms. The lowest BCUT2D eigenvalue weighted by atomic mass is 9.83. The van der Waals surface area contributed by atoms with Crippen LogP contribution in [-0.2, 0) is 0 Å². The van der Waals surface area contributed by atoms with E-state index >= 15 is 0 Å². The molecule has 1 heterocycles. The molecule has 7 heteroatoms. The average Bonchev–Trinajstić information content (AvgIpc) is 2.11. The minimum Gasteiger partial charge on any atom is -0.423 e. The summed E-state index contributed by atoms with van der Waals surface area (Å²) in [6.07, 6.45) is 0. The maximum absolute atomic E-state index is 8.63. The molecule has 0 aliphatic carbocycles. The highest BCUT2D eigenvalue weighted by Crippen LogP contribution is 2.01. The SMILES string of the molecule is OB(O)c1c(S)o[nH]c1=S. The van der Waals surface area contributed by atoms with E-state index in [4.69, 9.17) is 10.0 Å². The molecule has 1 aromatic heterocycles. The van der Waals surface area contributed by atoms with Gasteiger partial charge in [0.25, 0.3) is 0 Å². The summed E-state index contributed by atoms with van der Waals surface area (Å²) in [5.41, 5.74) is 0.0957. The molecule has 0 aliphatic rings. The summed E-state index contributed by atoms with van der Waals surface area (Å²) in [6, 6.07) is 0. The van der Waals surface area contributed by atoms with Crippen LogP contribution in [0.2, 0.25) is 0 Å². The number of hydrogen-bond acceptors (Lipinski definition) is 5. The Morgan fingerprint density at radius 1 is 1.60 bits per heavy atom. The lowest BCUT2D eigenvalue weighted by Crippen LogP contribution is -2.30. The van der Waals surface area contributed by atoms with Crippen LogP contribution in [0, 0.1) is 4.64 Å². The maximum Gasteiger partial charge on any atom is 0.496 e. The second kappa shape index (κ2) is 2.79. The van der Waals surface area contributed by atoms with Gasteiger partial charge in [0.05, 0.1) is 5.46 Å². The monoisotopic (exact) mass is 177 g/mol. The van der Waals surface area contributed by atoms with E-state index in [2.05, 4.69) is 34.5 Å². The summed E-state index contributed by atoms with van der Waals surface area (Å²) in [4.78, 5) is 0. The van der Waals surface area contributed by atoms with Crippen molar-refractivity contribution in [2.24, 2.45) is 0 Å². The van der Waals surface area contributed by atoms with Crippen molar-refractivity contribution in [3.63, 3.8) is 0 Å². The van der Waals surface area contributed by atoms with Gasteiger partial charge in [-0.3, -0.25) is 0 Å². The van der Waals surface area contributed by atoms with Crippen LogP contribution >= 0.6 is 24.8 Å². The molecular formula is C3H4BNO3S2. The first kappa shape index (κ1) is 7.87. The van der Waals surface area contributed by atoms with Crippen LogP contribution in [0.4, 0.5) is 0 Å². The standard InChI is InChI=1S/C3H4BNO3S2/c6-4(7)1-2(9)5-8-3(1)10/h6-7,10H,(H,5,9). The molecule has 0 spiro atoms. The van der Waals surface area contributed by atoms with Gasteiger partial charge in [-0.15, -0.1) is 12.6 Å². The van der Waals surface area contributed by atoms with Crippen LogP contribution in [0.15, 0.2) is 9.62 Å².